The number of rotatable bonds is 4. The number of hydrogen-bond donors (Lipinski definition) is 0. The third-order valence-electron chi connectivity index (χ3n) is 6.49. The molecule has 162 valence electrons. The number of carbonyl (C=O) groups is 1. The molecule has 0 fully saturated rings. The zero-order chi connectivity index (χ0) is 22.3. The molecule has 0 saturated carbocycles. The van der Waals surface area contributed by atoms with Crippen molar-refractivity contribution >= 4 is 11.7 Å². The molecule has 0 N–H and O–H groups in total. The summed E-state index contributed by atoms with van der Waals surface area (Å²) < 4.78 is 19.8. The first-order valence-corrected chi connectivity index (χ1v) is 11.1. The van der Waals surface area contributed by atoms with E-state index in [2.05, 4.69) is 12.1 Å². The molecule has 0 aromatic heterocycles. The highest BCUT2D eigenvalue weighted by molar-refractivity contribution is 6.16. The summed E-state index contributed by atoms with van der Waals surface area (Å²) in [6.45, 7) is 4.54. The minimum absolute atomic E-state index is 0.0600. The topological polar surface area (TPSA) is 38.7 Å². The highest BCUT2D eigenvalue weighted by Crippen LogP contribution is 2.43. The maximum absolute atomic E-state index is 14.0. The molecule has 3 nitrogen and oxygen atoms in total. The molecule has 3 aromatic carbocycles. The Morgan fingerprint density at radius 1 is 0.969 bits per heavy atom. The average Bonchev–Trinajstić information content (AvgIpc) is 3.16. The third-order valence-corrected chi connectivity index (χ3v) is 6.49. The van der Waals surface area contributed by atoms with Gasteiger partial charge in [-0.2, -0.15) is 0 Å². The SMILES string of the molecule is CC1(C)COC(C2(Cc3ccccc3)CCc3cc(-c4cccc(F)c4)ccc3C2=O)=N1. The lowest BCUT2D eigenvalue weighted by atomic mass is 9.66. The predicted octanol–water partition coefficient (Wildman–Crippen LogP) is 6.06. The second-order valence-corrected chi connectivity index (χ2v) is 9.47. The maximum atomic E-state index is 14.0. The van der Waals surface area contributed by atoms with Crippen LogP contribution in [0.1, 0.15) is 41.8 Å². The van der Waals surface area contributed by atoms with Gasteiger partial charge in [0.2, 0.25) is 0 Å². The van der Waals surface area contributed by atoms with E-state index in [0.717, 1.165) is 28.7 Å². The van der Waals surface area contributed by atoms with Crippen LogP contribution >= 0.6 is 0 Å². The Hall–Kier alpha value is -3.27. The van der Waals surface area contributed by atoms with E-state index in [4.69, 9.17) is 9.73 Å². The van der Waals surface area contributed by atoms with Crippen LogP contribution in [-0.2, 0) is 17.6 Å². The number of halogens is 1. The molecule has 1 atom stereocenters. The van der Waals surface area contributed by atoms with Crippen LogP contribution < -0.4 is 0 Å². The monoisotopic (exact) mass is 427 g/mol. The van der Waals surface area contributed by atoms with E-state index >= 15 is 0 Å². The smallest absolute Gasteiger partial charge is 0.198 e. The van der Waals surface area contributed by atoms with Crippen molar-refractivity contribution in [1.82, 2.24) is 0 Å². The van der Waals surface area contributed by atoms with E-state index in [1.54, 1.807) is 6.07 Å². The molecule has 2 aliphatic rings. The van der Waals surface area contributed by atoms with Gasteiger partial charge in [-0.15, -0.1) is 0 Å². The van der Waals surface area contributed by atoms with Crippen molar-refractivity contribution in [3.63, 3.8) is 0 Å². The van der Waals surface area contributed by atoms with Crippen LogP contribution in [0.2, 0.25) is 0 Å². The largest absolute Gasteiger partial charge is 0.478 e. The maximum Gasteiger partial charge on any atom is 0.198 e. The highest BCUT2D eigenvalue weighted by Gasteiger charge is 2.50. The van der Waals surface area contributed by atoms with Gasteiger partial charge in [0.25, 0.3) is 0 Å². The number of hydrogen-bond acceptors (Lipinski definition) is 3. The minimum Gasteiger partial charge on any atom is -0.478 e. The summed E-state index contributed by atoms with van der Waals surface area (Å²) in [6.07, 6.45) is 1.93. The van der Waals surface area contributed by atoms with Crippen molar-refractivity contribution in [3.8, 4) is 11.1 Å². The summed E-state index contributed by atoms with van der Waals surface area (Å²) in [6, 6.07) is 22.5. The lowest BCUT2D eigenvalue weighted by Crippen LogP contribution is -2.45. The van der Waals surface area contributed by atoms with Gasteiger partial charge in [0.1, 0.15) is 17.8 Å². The van der Waals surface area contributed by atoms with Gasteiger partial charge in [-0.3, -0.25) is 4.79 Å². The van der Waals surface area contributed by atoms with E-state index in [9.17, 15) is 9.18 Å². The number of carbonyl (C=O) groups excluding carboxylic acids is 1. The Balaban J connectivity index is 1.57. The predicted molar refractivity (Wildman–Crippen MR) is 125 cm³/mol. The number of ketones is 1. The molecular formula is C28H26FNO2. The van der Waals surface area contributed by atoms with Gasteiger partial charge in [0, 0.05) is 5.56 Å². The van der Waals surface area contributed by atoms with Gasteiger partial charge < -0.3 is 4.74 Å². The molecule has 1 aliphatic carbocycles. The van der Waals surface area contributed by atoms with E-state index in [0.29, 0.717) is 30.9 Å². The van der Waals surface area contributed by atoms with E-state index < -0.39 is 5.41 Å². The zero-order valence-corrected chi connectivity index (χ0v) is 18.4. The first-order chi connectivity index (χ1) is 15.4. The number of aryl methyl sites for hydroxylation is 1. The molecule has 0 saturated heterocycles. The molecule has 1 heterocycles. The Morgan fingerprint density at radius 2 is 1.75 bits per heavy atom. The van der Waals surface area contributed by atoms with Crippen LogP contribution in [-0.4, -0.2) is 23.8 Å². The summed E-state index contributed by atoms with van der Waals surface area (Å²) >= 11 is 0. The fourth-order valence-corrected chi connectivity index (χ4v) is 4.81. The summed E-state index contributed by atoms with van der Waals surface area (Å²) in [5.74, 6) is 0.359. The fraction of sp³-hybridized carbons (Fsp3) is 0.286. The zero-order valence-electron chi connectivity index (χ0n) is 18.4. The molecule has 1 unspecified atom stereocenters. The van der Waals surface area contributed by atoms with Crippen molar-refractivity contribution in [2.75, 3.05) is 6.61 Å². The normalized spacial score (nSPS) is 21.6. The van der Waals surface area contributed by atoms with Gasteiger partial charge in [-0.25, -0.2) is 9.38 Å². The Kier molecular flexibility index (Phi) is 4.96. The molecule has 1 aliphatic heterocycles. The number of fused-ring (bicyclic) bond motifs is 1. The van der Waals surface area contributed by atoms with E-state index in [1.165, 1.54) is 12.1 Å². The van der Waals surface area contributed by atoms with Gasteiger partial charge in [-0.1, -0.05) is 60.7 Å². The lowest BCUT2D eigenvalue weighted by molar-refractivity contribution is 0.0817. The molecule has 5 rings (SSSR count). The number of aliphatic imine (C=N–C) groups is 1. The molecular weight excluding hydrogens is 401 g/mol. The number of Topliss-reactive ketones (excluding diaryl/α,β-unsaturated/α-hetero) is 1. The summed E-state index contributed by atoms with van der Waals surface area (Å²) in [5.41, 5.74) is 3.40. The second kappa shape index (κ2) is 7.70. The molecule has 3 aromatic rings. The molecule has 32 heavy (non-hydrogen) atoms. The Morgan fingerprint density at radius 3 is 2.47 bits per heavy atom. The number of nitrogens with zero attached hydrogens (tertiary/aromatic N) is 1. The van der Waals surface area contributed by atoms with Crippen molar-refractivity contribution in [2.24, 2.45) is 10.4 Å². The quantitative estimate of drug-likeness (QED) is 0.508. The lowest BCUT2D eigenvalue weighted by Gasteiger charge is -2.36. The van der Waals surface area contributed by atoms with Gasteiger partial charge in [-0.05, 0) is 67.5 Å². The Labute approximate surface area is 188 Å². The average molecular weight is 428 g/mol. The molecule has 4 heteroatoms. The van der Waals surface area contributed by atoms with Crippen LogP contribution in [0, 0.1) is 11.2 Å². The second-order valence-electron chi connectivity index (χ2n) is 9.47. The van der Waals surface area contributed by atoms with Crippen molar-refractivity contribution < 1.29 is 13.9 Å². The number of ether oxygens (including phenoxy) is 1. The highest BCUT2D eigenvalue weighted by atomic mass is 19.1. The third kappa shape index (κ3) is 3.64. The van der Waals surface area contributed by atoms with Crippen LogP contribution in [0.15, 0.2) is 77.8 Å². The fourth-order valence-electron chi connectivity index (χ4n) is 4.81. The molecule has 0 spiro atoms. The summed E-state index contributed by atoms with van der Waals surface area (Å²) in [4.78, 5) is 18.9. The Bertz CT molecular complexity index is 1220. The van der Waals surface area contributed by atoms with Crippen LogP contribution in [0.25, 0.3) is 11.1 Å². The van der Waals surface area contributed by atoms with E-state index in [-0.39, 0.29) is 17.1 Å². The van der Waals surface area contributed by atoms with Gasteiger partial charge >= 0.3 is 0 Å². The van der Waals surface area contributed by atoms with Gasteiger partial charge in [0.15, 0.2) is 11.7 Å². The van der Waals surface area contributed by atoms with Crippen LogP contribution in [0.4, 0.5) is 4.39 Å². The molecule has 0 radical (unpaired) electrons. The van der Waals surface area contributed by atoms with Crippen LogP contribution in [0.5, 0.6) is 0 Å². The van der Waals surface area contributed by atoms with Crippen molar-refractivity contribution in [2.45, 2.75) is 38.6 Å². The van der Waals surface area contributed by atoms with Crippen molar-refractivity contribution in [3.05, 3.63) is 95.3 Å². The van der Waals surface area contributed by atoms with Gasteiger partial charge in [0.05, 0.1) is 5.54 Å². The van der Waals surface area contributed by atoms with Crippen molar-refractivity contribution in [1.29, 1.82) is 0 Å². The molecule has 0 bridgehead atoms. The number of benzene rings is 3. The van der Waals surface area contributed by atoms with E-state index in [1.807, 2.05) is 56.3 Å². The minimum atomic E-state index is -0.803. The standard InChI is InChI=1S/C28H26FNO2/c1-27(2)18-32-26(30-27)28(17-19-7-4-3-5-8-19)14-13-22-15-21(11-12-24(22)25(28)31)20-9-6-10-23(29)16-20/h3-12,15-16H,13-14,17-18H2,1-2H3. The summed E-state index contributed by atoms with van der Waals surface area (Å²) in [5, 5.41) is 0. The summed E-state index contributed by atoms with van der Waals surface area (Å²) in [7, 11) is 0. The first kappa shape index (κ1) is 20.6. The first-order valence-electron chi connectivity index (χ1n) is 11.1. The van der Waals surface area contributed by atoms with Crippen LogP contribution in [0.3, 0.4) is 0 Å². The molecule has 0 amide bonds.